The summed E-state index contributed by atoms with van der Waals surface area (Å²) < 4.78 is 0. The van der Waals surface area contributed by atoms with Crippen molar-refractivity contribution in [3.05, 3.63) is 51.2 Å². The molecule has 4 nitrogen and oxygen atoms in total. The maximum atomic E-state index is 12.5. The molecule has 0 unspecified atom stereocenters. The minimum atomic E-state index is -0.938. The first-order chi connectivity index (χ1) is 9.56. The van der Waals surface area contributed by atoms with E-state index in [4.69, 9.17) is 5.11 Å². The normalized spacial score (nSPS) is 13.3. The fraction of sp³-hybridized carbons (Fsp3) is 0.200. The zero-order valence-electron chi connectivity index (χ0n) is 10.9. The van der Waals surface area contributed by atoms with E-state index in [-0.39, 0.29) is 11.5 Å². The van der Waals surface area contributed by atoms with Gasteiger partial charge in [-0.2, -0.15) is 0 Å². The van der Waals surface area contributed by atoms with Crippen LogP contribution in [-0.4, -0.2) is 23.5 Å². The maximum absolute atomic E-state index is 12.5. The molecule has 0 bridgehead atoms. The summed E-state index contributed by atoms with van der Waals surface area (Å²) in [6.07, 6.45) is 0.701. The molecule has 102 valence electrons. The number of carbonyl (C=O) groups is 2. The van der Waals surface area contributed by atoms with Crippen molar-refractivity contribution in [1.82, 2.24) is 0 Å². The molecule has 0 spiro atoms. The molecular weight excluding hydrogens is 274 g/mol. The van der Waals surface area contributed by atoms with Gasteiger partial charge in [-0.05, 0) is 54.1 Å². The Morgan fingerprint density at radius 1 is 1.30 bits per heavy atom. The van der Waals surface area contributed by atoms with Crippen molar-refractivity contribution in [2.75, 3.05) is 11.4 Å². The number of benzene rings is 1. The summed E-state index contributed by atoms with van der Waals surface area (Å²) in [6.45, 7) is 2.57. The van der Waals surface area contributed by atoms with Crippen LogP contribution in [0.25, 0.3) is 0 Å². The first-order valence-electron chi connectivity index (χ1n) is 6.29. The van der Waals surface area contributed by atoms with Crippen LogP contribution in [0.2, 0.25) is 0 Å². The third-order valence-electron chi connectivity index (χ3n) is 3.41. The third-order valence-corrected chi connectivity index (χ3v) is 4.44. The second-order valence-corrected chi connectivity index (χ2v) is 5.75. The van der Waals surface area contributed by atoms with Crippen molar-refractivity contribution in [3.63, 3.8) is 0 Å². The van der Waals surface area contributed by atoms with Crippen molar-refractivity contribution in [3.8, 4) is 0 Å². The highest BCUT2D eigenvalue weighted by molar-refractivity contribution is 7.12. The predicted octanol–water partition coefficient (Wildman–Crippen LogP) is 2.96. The summed E-state index contributed by atoms with van der Waals surface area (Å²) in [5.74, 6) is -0.948. The first kappa shape index (κ1) is 12.9. The summed E-state index contributed by atoms with van der Waals surface area (Å²) in [4.78, 5) is 25.9. The number of hydrogen-bond donors (Lipinski definition) is 1. The number of amides is 1. The molecule has 1 N–H and O–H groups in total. The van der Waals surface area contributed by atoms with Crippen LogP contribution in [0.1, 0.15) is 31.2 Å². The highest BCUT2D eigenvalue weighted by atomic mass is 32.1. The molecule has 0 saturated carbocycles. The Kier molecular flexibility index (Phi) is 3.06. The summed E-state index contributed by atoms with van der Waals surface area (Å²) in [7, 11) is 0. The van der Waals surface area contributed by atoms with E-state index in [2.05, 4.69) is 0 Å². The Hall–Kier alpha value is -2.14. The number of fused-ring (bicyclic) bond motifs is 1. The van der Waals surface area contributed by atoms with Gasteiger partial charge in [0.1, 0.15) is 0 Å². The summed E-state index contributed by atoms with van der Waals surface area (Å²) in [5.41, 5.74) is 3.10. The lowest BCUT2D eigenvalue weighted by molar-refractivity contribution is 0.0696. The van der Waals surface area contributed by atoms with E-state index < -0.39 is 5.97 Å². The number of aryl methyl sites for hydroxylation is 1. The SMILES string of the molecule is Cc1csc(C(=O)N2CCc3cc(C(=O)O)ccc32)c1. The van der Waals surface area contributed by atoms with Gasteiger partial charge in [0.15, 0.2) is 0 Å². The number of thiophene rings is 1. The van der Waals surface area contributed by atoms with Crippen LogP contribution in [0.15, 0.2) is 29.6 Å². The fourth-order valence-corrected chi connectivity index (χ4v) is 3.27. The molecule has 2 aromatic rings. The third kappa shape index (κ3) is 2.10. The topological polar surface area (TPSA) is 57.6 Å². The standard InChI is InChI=1S/C15H13NO3S/c1-9-6-13(20-8-9)14(17)16-5-4-10-7-11(15(18)19)2-3-12(10)16/h2-3,6-8H,4-5H2,1H3,(H,18,19). The molecule has 0 fully saturated rings. The number of carboxylic acids is 1. The minimum Gasteiger partial charge on any atom is -0.478 e. The number of hydrogen-bond acceptors (Lipinski definition) is 3. The number of anilines is 1. The highest BCUT2D eigenvalue weighted by Gasteiger charge is 2.27. The molecule has 0 atom stereocenters. The largest absolute Gasteiger partial charge is 0.478 e. The molecule has 0 radical (unpaired) electrons. The Balaban J connectivity index is 1.93. The molecule has 0 saturated heterocycles. The van der Waals surface area contributed by atoms with E-state index in [9.17, 15) is 9.59 Å². The summed E-state index contributed by atoms with van der Waals surface area (Å²) in [5, 5.41) is 10.9. The van der Waals surface area contributed by atoms with Crippen molar-refractivity contribution >= 4 is 28.9 Å². The van der Waals surface area contributed by atoms with E-state index >= 15 is 0 Å². The van der Waals surface area contributed by atoms with Gasteiger partial charge in [0.2, 0.25) is 0 Å². The van der Waals surface area contributed by atoms with Crippen LogP contribution in [0, 0.1) is 6.92 Å². The van der Waals surface area contributed by atoms with Crippen molar-refractivity contribution in [1.29, 1.82) is 0 Å². The Bertz CT molecular complexity index is 705. The predicted molar refractivity (Wildman–Crippen MR) is 77.8 cm³/mol. The number of aromatic carboxylic acids is 1. The van der Waals surface area contributed by atoms with Crippen LogP contribution in [0.5, 0.6) is 0 Å². The van der Waals surface area contributed by atoms with Gasteiger partial charge >= 0.3 is 5.97 Å². The lowest BCUT2D eigenvalue weighted by Crippen LogP contribution is -2.28. The zero-order chi connectivity index (χ0) is 14.3. The van der Waals surface area contributed by atoms with Crippen LogP contribution in [0.4, 0.5) is 5.69 Å². The smallest absolute Gasteiger partial charge is 0.335 e. The van der Waals surface area contributed by atoms with Crippen LogP contribution >= 0.6 is 11.3 Å². The summed E-state index contributed by atoms with van der Waals surface area (Å²) >= 11 is 1.44. The molecule has 1 aromatic heterocycles. The van der Waals surface area contributed by atoms with Crippen molar-refractivity contribution < 1.29 is 14.7 Å². The highest BCUT2D eigenvalue weighted by Crippen LogP contribution is 2.31. The van der Waals surface area contributed by atoms with E-state index in [1.54, 1.807) is 23.1 Å². The van der Waals surface area contributed by atoms with Gasteiger partial charge in [-0.25, -0.2) is 4.79 Å². The zero-order valence-corrected chi connectivity index (χ0v) is 11.7. The van der Waals surface area contributed by atoms with Gasteiger partial charge in [0.05, 0.1) is 10.4 Å². The quantitative estimate of drug-likeness (QED) is 0.924. The van der Waals surface area contributed by atoms with E-state index in [1.807, 2.05) is 18.4 Å². The van der Waals surface area contributed by atoms with Gasteiger partial charge in [-0.15, -0.1) is 11.3 Å². The molecule has 5 heteroatoms. The minimum absolute atomic E-state index is 0.00933. The lowest BCUT2D eigenvalue weighted by atomic mass is 10.1. The van der Waals surface area contributed by atoms with Crippen LogP contribution in [-0.2, 0) is 6.42 Å². The van der Waals surface area contributed by atoms with Gasteiger partial charge in [0.25, 0.3) is 5.91 Å². The number of nitrogens with zero attached hydrogens (tertiary/aromatic N) is 1. The van der Waals surface area contributed by atoms with Crippen molar-refractivity contribution in [2.24, 2.45) is 0 Å². The monoisotopic (exact) mass is 287 g/mol. The molecular formula is C15H13NO3S. The van der Waals surface area contributed by atoms with Gasteiger partial charge in [-0.1, -0.05) is 0 Å². The maximum Gasteiger partial charge on any atom is 0.335 e. The molecule has 1 aromatic carbocycles. The Morgan fingerprint density at radius 3 is 2.75 bits per heavy atom. The van der Waals surface area contributed by atoms with Gasteiger partial charge in [0, 0.05) is 12.2 Å². The Labute approximate surface area is 120 Å². The van der Waals surface area contributed by atoms with E-state index in [1.165, 1.54) is 11.3 Å². The number of rotatable bonds is 2. The first-order valence-corrected chi connectivity index (χ1v) is 7.17. The van der Waals surface area contributed by atoms with Gasteiger partial charge < -0.3 is 10.0 Å². The van der Waals surface area contributed by atoms with E-state index in [0.717, 1.165) is 21.7 Å². The number of carboxylic acid groups (broad SMARTS) is 1. The molecule has 1 aliphatic rings. The molecule has 20 heavy (non-hydrogen) atoms. The average Bonchev–Trinajstić information content (AvgIpc) is 3.03. The van der Waals surface area contributed by atoms with Crippen molar-refractivity contribution in [2.45, 2.75) is 13.3 Å². The second kappa shape index (κ2) is 4.76. The molecule has 2 heterocycles. The molecule has 1 amide bonds. The van der Waals surface area contributed by atoms with Gasteiger partial charge in [-0.3, -0.25) is 4.79 Å². The second-order valence-electron chi connectivity index (χ2n) is 4.84. The number of carbonyl (C=O) groups excluding carboxylic acids is 1. The van der Waals surface area contributed by atoms with E-state index in [0.29, 0.717) is 13.0 Å². The average molecular weight is 287 g/mol. The molecule has 1 aliphatic heterocycles. The molecule has 3 rings (SSSR count). The lowest BCUT2D eigenvalue weighted by Gasteiger charge is -2.16. The molecule has 0 aliphatic carbocycles. The summed E-state index contributed by atoms with van der Waals surface area (Å²) in [6, 6.07) is 6.82. The fourth-order valence-electron chi connectivity index (χ4n) is 2.42. The van der Waals surface area contributed by atoms with Crippen LogP contribution in [0.3, 0.4) is 0 Å². The Morgan fingerprint density at radius 2 is 2.10 bits per heavy atom. The van der Waals surface area contributed by atoms with Crippen LogP contribution < -0.4 is 4.90 Å².